The molecule has 0 saturated carbocycles. The first kappa shape index (κ1) is 21.5. The van der Waals surface area contributed by atoms with Gasteiger partial charge in [0.15, 0.2) is 0 Å². The van der Waals surface area contributed by atoms with Gasteiger partial charge in [0.2, 0.25) is 11.7 Å². The highest BCUT2D eigenvalue weighted by Gasteiger charge is 2.31. The molecule has 1 aromatic heterocycles. The maximum Gasteiger partial charge on any atom is 0.416 e. The van der Waals surface area contributed by atoms with E-state index in [1.807, 2.05) is 13.0 Å². The van der Waals surface area contributed by atoms with E-state index in [2.05, 4.69) is 19.9 Å². The van der Waals surface area contributed by atoms with Gasteiger partial charge in [-0.05, 0) is 36.8 Å². The lowest BCUT2D eigenvalue weighted by molar-refractivity contribution is -0.137. The monoisotopic (exact) mass is 434 g/mol. The molecular formula is C22H22F4N4O. The molecule has 4 rings (SSSR count). The fourth-order valence-electron chi connectivity index (χ4n) is 3.72. The Labute approximate surface area is 177 Å². The Morgan fingerprint density at radius 1 is 1.03 bits per heavy atom. The molecule has 0 N–H and O–H groups in total. The van der Waals surface area contributed by atoms with Crippen molar-refractivity contribution in [1.29, 1.82) is 0 Å². The maximum atomic E-state index is 13.4. The van der Waals surface area contributed by atoms with Crippen molar-refractivity contribution in [3.05, 3.63) is 71.4 Å². The van der Waals surface area contributed by atoms with Crippen LogP contribution in [-0.2, 0) is 12.7 Å². The predicted octanol–water partition coefficient (Wildman–Crippen LogP) is 4.77. The molecule has 1 fully saturated rings. The second-order valence-corrected chi connectivity index (χ2v) is 7.65. The van der Waals surface area contributed by atoms with E-state index in [-0.39, 0.29) is 23.2 Å². The zero-order valence-electron chi connectivity index (χ0n) is 16.9. The topological polar surface area (TPSA) is 45.4 Å². The second kappa shape index (κ2) is 8.76. The van der Waals surface area contributed by atoms with E-state index in [1.54, 1.807) is 12.1 Å². The fourth-order valence-corrected chi connectivity index (χ4v) is 3.72. The molecule has 1 aliphatic heterocycles. The third-order valence-electron chi connectivity index (χ3n) is 5.50. The highest BCUT2D eigenvalue weighted by Crippen LogP contribution is 2.32. The molecule has 2 heterocycles. The number of halogens is 4. The number of hydrogen-bond donors (Lipinski definition) is 0. The molecule has 2 aromatic carbocycles. The van der Waals surface area contributed by atoms with Gasteiger partial charge in [-0.1, -0.05) is 29.4 Å². The minimum absolute atomic E-state index is 0.137. The summed E-state index contributed by atoms with van der Waals surface area (Å²) in [4.78, 5) is 8.77. The van der Waals surface area contributed by atoms with Gasteiger partial charge in [0.25, 0.3) is 0 Å². The first-order valence-electron chi connectivity index (χ1n) is 10.0. The minimum Gasteiger partial charge on any atom is -0.337 e. The number of benzene rings is 2. The molecule has 1 aliphatic rings. The quantitative estimate of drug-likeness (QED) is 0.541. The molecule has 3 aromatic rings. The van der Waals surface area contributed by atoms with Crippen molar-refractivity contribution in [3.63, 3.8) is 0 Å². The molecule has 31 heavy (non-hydrogen) atoms. The lowest BCUT2D eigenvalue weighted by Gasteiger charge is -2.36. The molecule has 1 atom stereocenters. The van der Waals surface area contributed by atoms with Crippen LogP contribution in [-0.4, -0.2) is 46.1 Å². The van der Waals surface area contributed by atoms with Crippen LogP contribution in [0.5, 0.6) is 0 Å². The summed E-state index contributed by atoms with van der Waals surface area (Å²) in [7, 11) is 0. The number of piperazine rings is 1. The lowest BCUT2D eigenvalue weighted by Crippen LogP contribution is -2.46. The van der Waals surface area contributed by atoms with E-state index in [9.17, 15) is 17.6 Å². The molecule has 0 radical (unpaired) electrons. The van der Waals surface area contributed by atoms with Crippen molar-refractivity contribution >= 4 is 0 Å². The van der Waals surface area contributed by atoms with E-state index < -0.39 is 11.7 Å². The van der Waals surface area contributed by atoms with Gasteiger partial charge in [0.05, 0.1) is 11.6 Å². The van der Waals surface area contributed by atoms with Crippen LogP contribution in [0.1, 0.15) is 30.0 Å². The van der Waals surface area contributed by atoms with Crippen LogP contribution in [0, 0.1) is 5.82 Å². The normalized spacial score (nSPS) is 17.1. The number of hydrogen-bond acceptors (Lipinski definition) is 5. The predicted molar refractivity (Wildman–Crippen MR) is 106 cm³/mol. The van der Waals surface area contributed by atoms with Crippen molar-refractivity contribution in [2.45, 2.75) is 25.7 Å². The maximum absolute atomic E-state index is 13.4. The summed E-state index contributed by atoms with van der Waals surface area (Å²) in [5, 5.41) is 3.88. The Hall–Kier alpha value is -2.78. The molecule has 0 spiro atoms. The molecule has 0 bridgehead atoms. The molecule has 164 valence electrons. The Kier molecular flexibility index (Phi) is 6.06. The smallest absolute Gasteiger partial charge is 0.337 e. The van der Waals surface area contributed by atoms with E-state index >= 15 is 0 Å². The fraction of sp³-hybridized carbons (Fsp3) is 0.364. The molecule has 0 amide bonds. The van der Waals surface area contributed by atoms with Crippen molar-refractivity contribution in [3.8, 4) is 11.4 Å². The number of aromatic nitrogens is 2. The minimum atomic E-state index is -4.43. The van der Waals surface area contributed by atoms with Gasteiger partial charge in [-0.3, -0.25) is 9.80 Å². The summed E-state index contributed by atoms with van der Waals surface area (Å²) in [6.45, 7) is 5.74. The molecule has 0 aliphatic carbocycles. The highest BCUT2D eigenvalue weighted by molar-refractivity contribution is 5.55. The van der Waals surface area contributed by atoms with Crippen LogP contribution in [0.25, 0.3) is 11.4 Å². The number of rotatable bonds is 5. The number of alkyl halides is 3. The SMILES string of the molecule is C[C@@H](c1nc(-c2cccc(C(F)(F)F)c2)no1)N1CCN(Cc2cccc(F)c2)CC1. The molecule has 5 nitrogen and oxygen atoms in total. The average molecular weight is 434 g/mol. The average Bonchev–Trinajstić information content (AvgIpc) is 3.24. The van der Waals surface area contributed by atoms with Crippen LogP contribution >= 0.6 is 0 Å². The van der Waals surface area contributed by atoms with E-state index in [1.165, 1.54) is 18.2 Å². The summed E-state index contributed by atoms with van der Waals surface area (Å²) < 4.78 is 57.6. The zero-order chi connectivity index (χ0) is 22.0. The van der Waals surface area contributed by atoms with Gasteiger partial charge >= 0.3 is 6.18 Å². The molecule has 9 heteroatoms. The lowest BCUT2D eigenvalue weighted by atomic mass is 10.1. The van der Waals surface area contributed by atoms with Gasteiger partial charge in [0.1, 0.15) is 5.82 Å². The van der Waals surface area contributed by atoms with E-state index in [0.29, 0.717) is 12.4 Å². The molecule has 1 saturated heterocycles. The largest absolute Gasteiger partial charge is 0.416 e. The number of nitrogens with zero attached hydrogens (tertiary/aromatic N) is 4. The summed E-state index contributed by atoms with van der Waals surface area (Å²) in [6.07, 6.45) is -4.43. The zero-order valence-corrected chi connectivity index (χ0v) is 16.9. The summed E-state index contributed by atoms with van der Waals surface area (Å²) in [5.74, 6) is 0.265. The molecular weight excluding hydrogens is 412 g/mol. The highest BCUT2D eigenvalue weighted by atomic mass is 19.4. The summed E-state index contributed by atoms with van der Waals surface area (Å²) in [6, 6.07) is 11.3. The van der Waals surface area contributed by atoms with E-state index in [4.69, 9.17) is 4.52 Å². The van der Waals surface area contributed by atoms with Crippen LogP contribution in [0.3, 0.4) is 0 Å². The van der Waals surface area contributed by atoms with Gasteiger partial charge < -0.3 is 4.52 Å². The third-order valence-corrected chi connectivity index (χ3v) is 5.50. The van der Waals surface area contributed by atoms with Crippen LogP contribution in [0.2, 0.25) is 0 Å². The third kappa shape index (κ3) is 5.11. The second-order valence-electron chi connectivity index (χ2n) is 7.65. The standard InChI is InChI=1S/C22H22F4N4O/c1-15(30-10-8-29(9-11-30)14-16-4-2-7-19(23)12-16)21-27-20(28-31-21)17-5-3-6-18(13-17)22(24,25)26/h2-7,12-13,15H,8-11,14H2,1H3/t15-/m0/s1. The van der Waals surface area contributed by atoms with E-state index in [0.717, 1.165) is 43.9 Å². The van der Waals surface area contributed by atoms with Crippen molar-refractivity contribution in [2.24, 2.45) is 0 Å². The van der Waals surface area contributed by atoms with Crippen LogP contribution in [0.4, 0.5) is 17.6 Å². The van der Waals surface area contributed by atoms with Crippen LogP contribution in [0.15, 0.2) is 53.1 Å². The Bertz CT molecular complexity index is 1030. The molecule has 0 unspecified atom stereocenters. The van der Waals surface area contributed by atoms with Gasteiger partial charge in [-0.25, -0.2) is 4.39 Å². The Morgan fingerprint density at radius 2 is 1.77 bits per heavy atom. The summed E-state index contributed by atoms with van der Waals surface area (Å²) >= 11 is 0. The van der Waals surface area contributed by atoms with Crippen molar-refractivity contribution in [1.82, 2.24) is 19.9 Å². The Balaban J connectivity index is 1.38. The summed E-state index contributed by atoms with van der Waals surface area (Å²) in [5.41, 5.74) is 0.444. The van der Waals surface area contributed by atoms with Gasteiger partial charge in [0, 0.05) is 38.3 Å². The van der Waals surface area contributed by atoms with Gasteiger partial charge in [-0.2, -0.15) is 18.2 Å². The van der Waals surface area contributed by atoms with Crippen LogP contribution < -0.4 is 0 Å². The first-order valence-corrected chi connectivity index (χ1v) is 10.0. The van der Waals surface area contributed by atoms with Crippen molar-refractivity contribution in [2.75, 3.05) is 26.2 Å². The van der Waals surface area contributed by atoms with Gasteiger partial charge in [-0.15, -0.1) is 0 Å². The first-order chi connectivity index (χ1) is 14.8. The Morgan fingerprint density at radius 3 is 2.48 bits per heavy atom. The van der Waals surface area contributed by atoms with Crippen molar-refractivity contribution < 1.29 is 22.1 Å².